The molecule has 0 spiro atoms. The fourth-order valence-corrected chi connectivity index (χ4v) is 2.62. The zero-order valence-corrected chi connectivity index (χ0v) is 13.3. The molecule has 0 aliphatic rings. The standard InChI is InChI=1S/C18H16F2N2O2/c1-3-24-17(23)18(19,20)15-14(13-9-5-4-6-10-13)21-16-12(2)8-7-11-22(15)16/h4-11H,3H2,1-2H3. The Kier molecular flexibility index (Phi) is 4.05. The van der Waals surface area contributed by atoms with Crippen LogP contribution in [0.25, 0.3) is 16.9 Å². The highest BCUT2D eigenvalue weighted by atomic mass is 19.3. The van der Waals surface area contributed by atoms with E-state index in [-0.39, 0.29) is 12.3 Å². The molecule has 24 heavy (non-hydrogen) atoms. The molecule has 0 saturated heterocycles. The molecule has 2 heterocycles. The van der Waals surface area contributed by atoms with Gasteiger partial charge in [0.25, 0.3) is 0 Å². The van der Waals surface area contributed by atoms with Gasteiger partial charge in [-0.15, -0.1) is 0 Å². The first-order valence-corrected chi connectivity index (χ1v) is 7.55. The number of aromatic nitrogens is 2. The number of pyridine rings is 1. The van der Waals surface area contributed by atoms with Crippen molar-refractivity contribution < 1.29 is 18.3 Å². The molecule has 0 radical (unpaired) electrons. The summed E-state index contributed by atoms with van der Waals surface area (Å²) in [6.07, 6.45) is 1.48. The molecule has 6 heteroatoms. The first-order valence-electron chi connectivity index (χ1n) is 7.55. The van der Waals surface area contributed by atoms with E-state index >= 15 is 0 Å². The quantitative estimate of drug-likeness (QED) is 0.680. The lowest BCUT2D eigenvalue weighted by Crippen LogP contribution is -2.30. The SMILES string of the molecule is CCOC(=O)C(F)(F)c1c(-c2ccccc2)nc2c(C)cccn12. The van der Waals surface area contributed by atoms with Crippen LogP contribution in [-0.2, 0) is 15.5 Å². The van der Waals surface area contributed by atoms with Crippen LogP contribution in [0.2, 0.25) is 0 Å². The highest BCUT2D eigenvalue weighted by molar-refractivity contribution is 5.83. The van der Waals surface area contributed by atoms with Gasteiger partial charge in [-0.1, -0.05) is 36.4 Å². The van der Waals surface area contributed by atoms with Gasteiger partial charge in [-0.25, -0.2) is 9.78 Å². The molecule has 0 unspecified atom stereocenters. The second kappa shape index (κ2) is 6.03. The summed E-state index contributed by atoms with van der Waals surface area (Å²) in [5, 5.41) is 0. The molecule has 0 bridgehead atoms. The van der Waals surface area contributed by atoms with Crippen LogP contribution < -0.4 is 0 Å². The summed E-state index contributed by atoms with van der Waals surface area (Å²) in [4.78, 5) is 16.2. The van der Waals surface area contributed by atoms with Gasteiger partial charge in [-0.2, -0.15) is 8.78 Å². The Balaban J connectivity index is 2.32. The number of esters is 1. The lowest BCUT2D eigenvalue weighted by atomic mass is 10.1. The van der Waals surface area contributed by atoms with E-state index in [2.05, 4.69) is 9.72 Å². The van der Waals surface area contributed by atoms with Gasteiger partial charge in [-0.3, -0.25) is 4.40 Å². The average molecular weight is 330 g/mol. The predicted molar refractivity (Wildman–Crippen MR) is 85.9 cm³/mol. The van der Waals surface area contributed by atoms with E-state index in [1.165, 1.54) is 17.5 Å². The number of hydrogen-bond acceptors (Lipinski definition) is 3. The van der Waals surface area contributed by atoms with Crippen LogP contribution in [0.1, 0.15) is 18.2 Å². The molecule has 0 aliphatic carbocycles. The minimum absolute atomic E-state index is 0.0722. The molecule has 0 saturated carbocycles. The number of aryl methyl sites for hydroxylation is 1. The molecule has 1 aromatic carbocycles. The monoisotopic (exact) mass is 330 g/mol. The highest BCUT2D eigenvalue weighted by Gasteiger charge is 2.48. The first kappa shape index (κ1) is 16.1. The summed E-state index contributed by atoms with van der Waals surface area (Å²) in [6, 6.07) is 12.0. The number of benzene rings is 1. The summed E-state index contributed by atoms with van der Waals surface area (Å²) in [6.45, 7) is 3.15. The zero-order valence-electron chi connectivity index (χ0n) is 13.3. The maximum Gasteiger partial charge on any atom is 0.385 e. The number of carbonyl (C=O) groups excluding carboxylic acids is 1. The first-order chi connectivity index (χ1) is 11.5. The van der Waals surface area contributed by atoms with Crippen LogP contribution in [0.4, 0.5) is 8.78 Å². The van der Waals surface area contributed by atoms with Crippen molar-refractivity contribution in [1.82, 2.24) is 9.38 Å². The molecule has 3 aromatic rings. The third kappa shape index (κ3) is 2.54. The van der Waals surface area contributed by atoms with Crippen molar-refractivity contribution in [2.24, 2.45) is 0 Å². The predicted octanol–water partition coefficient (Wildman–Crippen LogP) is 3.96. The largest absolute Gasteiger partial charge is 0.461 e. The second-order valence-corrected chi connectivity index (χ2v) is 5.35. The average Bonchev–Trinajstić information content (AvgIpc) is 2.97. The Morgan fingerprint density at radius 3 is 2.58 bits per heavy atom. The number of nitrogens with zero attached hydrogens (tertiary/aromatic N) is 2. The van der Waals surface area contributed by atoms with Crippen LogP contribution in [0.5, 0.6) is 0 Å². The van der Waals surface area contributed by atoms with E-state index in [1.54, 1.807) is 49.4 Å². The molecule has 0 aliphatic heterocycles. The van der Waals surface area contributed by atoms with Gasteiger partial charge >= 0.3 is 11.9 Å². The van der Waals surface area contributed by atoms with Crippen LogP contribution in [-0.4, -0.2) is 22.0 Å². The lowest BCUT2D eigenvalue weighted by molar-refractivity contribution is -0.173. The minimum Gasteiger partial charge on any atom is -0.461 e. The molecule has 0 N–H and O–H groups in total. The fraction of sp³-hybridized carbons (Fsp3) is 0.222. The number of carbonyl (C=O) groups is 1. The van der Waals surface area contributed by atoms with Crippen molar-refractivity contribution in [2.75, 3.05) is 6.61 Å². The normalized spacial score (nSPS) is 11.7. The number of imidazole rings is 1. The van der Waals surface area contributed by atoms with Gasteiger partial charge in [-0.05, 0) is 25.5 Å². The molecule has 0 amide bonds. The van der Waals surface area contributed by atoms with Gasteiger partial charge in [0.05, 0.1) is 12.3 Å². The van der Waals surface area contributed by atoms with E-state index in [4.69, 9.17) is 0 Å². The van der Waals surface area contributed by atoms with Gasteiger partial charge in [0.1, 0.15) is 11.3 Å². The molecule has 124 valence electrons. The Bertz CT molecular complexity index is 889. The Hall–Kier alpha value is -2.76. The van der Waals surface area contributed by atoms with E-state index in [0.717, 1.165) is 5.56 Å². The fourth-order valence-electron chi connectivity index (χ4n) is 2.62. The number of ether oxygens (including phenoxy) is 1. The van der Waals surface area contributed by atoms with E-state index < -0.39 is 17.6 Å². The lowest BCUT2D eigenvalue weighted by Gasteiger charge is -2.16. The topological polar surface area (TPSA) is 43.6 Å². The second-order valence-electron chi connectivity index (χ2n) is 5.35. The van der Waals surface area contributed by atoms with E-state index in [1.807, 2.05) is 0 Å². The van der Waals surface area contributed by atoms with Crippen molar-refractivity contribution in [1.29, 1.82) is 0 Å². The van der Waals surface area contributed by atoms with Gasteiger partial charge in [0.15, 0.2) is 0 Å². The zero-order chi connectivity index (χ0) is 17.3. The summed E-state index contributed by atoms with van der Waals surface area (Å²) >= 11 is 0. The molecular formula is C18H16F2N2O2. The summed E-state index contributed by atoms with van der Waals surface area (Å²) in [5.74, 6) is -5.39. The Morgan fingerprint density at radius 2 is 1.92 bits per heavy atom. The van der Waals surface area contributed by atoms with Gasteiger partial charge in [0, 0.05) is 11.8 Å². The van der Waals surface area contributed by atoms with Crippen LogP contribution in [0.3, 0.4) is 0 Å². The molecule has 4 nitrogen and oxygen atoms in total. The number of hydrogen-bond donors (Lipinski definition) is 0. The number of alkyl halides is 2. The molecule has 2 aromatic heterocycles. The van der Waals surface area contributed by atoms with Crippen molar-refractivity contribution >= 4 is 11.6 Å². The van der Waals surface area contributed by atoms with Crippen LogP contribution in [0.15, 0.2) is 48.7 Å². The number of rotatable bonds is 4. The van der Waals surface area contributed by atoms with Crippen molar-refractivity contribution in [3.8, 4) is 11.3 Å². The maximum absolute atomic E-state index is 14.8. The summed E-state index contributed by atoms with van der Waals surface area (Å²) in [5.41, 5.74) is 1.23. The van der Waals surface area contributed by atoms with E-state index in [9.17, 15) is 13.6 Å². The van der Waals surface area contributed by atoms with Crippen LogP contribution >= 0.6 is 0 Å². The van der Waals surface area contributed by atoms with Gasteiger partial charge < -0.3 is 4.74 Å². The summed E-state index contributed by atoms with van der Waals surface area (Å²) < 4.78 is 35.5. The Labute approximate surface area is 137 Å². The van der Waals surface area contributed by atoms with Gasteiger partial charge in [0.2, 0.25) is 0 Å². The molecular weight excluding hydrogens is 314 g/mol. The Morgan fingerprint density at radius 1 is 1.21 bits per heavy atom. The third-order valence-corrected chi connectivity index (χ3v) is 3.72. The van der Waals surface area contributed by atoms with Crippen molar-refractivity contribution in [3.05, 3.63) is 59.9 Å². The maximum atomic E-state index is 14.8. The third-order valence-electron chi connectivity index (χ3n) is 3.72. The smallest absolute Gasteiger partial charge is 0.385 e. The van der Waals surface area contributed by atoms with Crippen molar-refractivity contribution in [2.45, 2.75) is 19.8 Å². The minimum atomic E-state index is -3.81. The van der Waals surface area contributed by atoms with Crippen molar-refractivity contribution in [3.63, 3.8) is 0 Å². The molecule has 3 rings (SSSR count). The number of halogens is 2. The number of fused-ring (bicyclic) bond motifs is 1. The summed E-state index contributed by atoms with van der Waals surface area (Å²) in [7, 11) is 0. The highest BCUT2D eigenvalue weighted by Crippen LogP contribution is 2.37. The molecule has 0 atom stereocenters. The van der Waals surface area contributed by atoms with E-state index in [0.29, 0.717) is 11.2 Å². The molecule has 0 fully saturated rings. The van der Waals surface area contributed by atoms with Crippen LogP contribution in [0, 0.1) is 6.92 Å².